The molecule has 2 N–H and O–H groups in total. The minimum absolute atomic E-state index is 0.0203. The maximum Gasteiger partial charge on any atom is 0.471 e. The lowest BCUT2D eigenvalue weighted by Crippen LogP contribution is -2.50. The number of nitrogens with one attached hydrogen (secondary N) is 2. The quantitative estimate of drug-likeness (QED) is 0.223. The fourth-order valence-electron chi connectivity index (χ4n) is 5.97. The third-order valence-corrected chi connectivity index (χ3v) is 8.43. The number of halogens is 5. The van der Waals surface area contributed by atoms with E-state index >= 15 is 0 Å². The molecular formula is C33H30F5N7O3. The topological polar surface area (TPSA) is 116 Å². The molecule has 10 nitrogen and oxygen atoms in total. The second kappa shape index (κ2) is 13.7. The molecule has 250 valence electrons. The summed E-state index contributed by atoms with van der Waals surface area (Å²) in [7, 11) is 1.99. The van der Waals surface area contributed by atoms with Crippen molar-refractivity contribution in [1.82, 2.24) is 25.1 Å². The fraction of sp³-hybridized carbons (Fsp3) is 0.364. The van der Waals surface area contributed by atoms with Crippen LogP contribution in [0.2, 0.25) is 0 Å². The van der Waals surface area contributed by atoms with Crippen LogP contribution in [0.4, 0.5) is 33.5 Å². The normalized spacial score (nSPS) is 16.4. The molecule has 2 aromatic carbocycles. The first-order chi connectivity index (χ1) is 23.0. The highest BCUT2D eigenvalue weighted by Crippen LogP contribution is 2.36. The van der Waals surface area contributed by atoms with Gasteiger partial charge in [0.1, 0.15) is 17.3 Å². The highest BCUT2D eigenvalue weighted by atomic mass is 19.4. The molecule has 2 aliphatic rings. The molecular weight excluding hydrogens is 637 g/mol. The average molecular weight is 668 g/mol. The summed E-state index contributed by atoms with van der Waals surface area (Å²) in [6, 6.07) is 6.64. The number of ether oxygens (including phenoxy) is 1. The molecule has 0 unspecified atom stereocenters. The van der Waals surface area contributed by atoms with E-state index in [1.54, 1.807) is 6.07 Å². The van der Waals surface area contributed by atoms with Crippen LogP contribution in [0, 0.1) is 23.5 Å². The Balaban J connectivity index is 1.36. The van der Waals surface area contributed by atoms with E-state index in [2.05, 4.69) is 42.2 Å². The van der Waals surface area contributed by atoms with E-state index in [1.165, 1.54) is 18.3 Å². The van der Waals surface area contributed by atoms with Crippen molar-refractivity contribution in [2.24, 2.45) is 0 Å². The van der Waals surface area contributed by atoms with E-state index in [4.69, 9.17) is 4.74 Å². The lowest BCUT2D eigenvalue weighted by Gasteiger charge is -2.36. The molecule has 4 aromatic rings. The number of anilines is 2. The van der Waals surface area contributed by atoms with Gasteiger partial charge in [-0.1, -0.05) is 12.0 Å². The van der Waals surface area contributed by atoms with E-state index in [1.807, 2.05) is 7.05 Å². The van der Waals surface area contributed by atoms with Gasteiger partial charge >= 0.3 is 12.1 Å². The molecule has 0 aliphatic carbocycles. The Kier molecular flexibility index (Phi) is 9.38. The number of alkyl halides is 3. The molecule has 0 spiro atoms. The van der Waals surface area contributed by atoms with Crippen LogP contribution in [0.15, 0.2) is 42.6 Å². The first kappa shape index (κ1) is 33.0. The molecule has 6 rings (SSSR count). The summed E-state index contributed by atoms with van der Waals surface area (Å²) < 4.78 is 74.8. The summed E-state index contributed by atoms with van der Waals surface area (Å²) in [6.45, 7) is 1.93. The fourth-order valence-corrected chi connectivity index (χ4v) is 5.97. The maximum absolute atomic E-state index is 14.1. The average Bonchev–Trinajstić information content (AvgIpc) is 3.45. The van der Waals surface area contributed by atoms with E-state index in [0.29, 0.717) is 11.0 Å². The third kappa shape index (κ3) is 7.29. The molecule has 48 heavy (non-hydrogen) atoms. The number of carbonyl (C=O) groups is 2. The predicted molar refractivity (Wildman–Crippen MR) is 165 cm³/mol. The summed E-state index contributed by atoms with van der Waals surface area (Å²) in [5, 5.41) is 9.27. The number of hydrogen-bond donors (Lipinski definition) is 2. The van der Waals surface area contributed by atoms with Crippen LogP contribution in [0.25, 0.3) is 11.2 Å². The van der Waals surface area contributed by atoms with Gasteiger partial charge in [0.25, 0.3) is 5.91 Å². The summed E-state index contributed by atoms with van der Waals surface area (Å²) in [5.74, 6) is 0.797. The van der Waals surface area contributed by atoms with Crippen molar-refractivity contribution in [3.63, 3.8) is 0 Å². The zero-order valence-electron chi connectivity index (χ0n) is 25.7. The summed E-state index contributed by atoms with van der Waals surface area (Å²) in [6.07, 6.45) is -2.05. The van der Waals surface area contributed by atoms with Crippen LogP contribution in [0.5, 0.6) is 0 Å². The largest absolute Gasteiger partial charge is 0.471 e. The number of aromatic nitrogens is 4. The molecule has 2 amide bonds. The minimum atomic E-state index is -5.19. The van der Waals surface area contributed by atoms with Crippen LogP contribution in [0.3, 0.4) is 0 Å². The summed E-state index contributed by atoms with van der Waals surface area (Å²) in [4.78, 5) is 38.3. The van der Waals surface area contributed by atoms with Gasteiger partial charge in [-0.05, 0) is 87.5 Å². The van der Waals surface area contributed by atoms with E-state index in [-0.39, 0.29) is 71.5 Å². The number of rotatable bonds is 5. The van der Waals surface area contributed by atoms with Crippen molar-refractivity contribution < 1.29 is 36.3 Å². The number of amides is 2. The zero-order chi connectivity index (χ0) is 34.0. The van der Waals surface area contributed by atoms with Crippen molar-refractivity contribution in [3.05, 3.63) is 76.6 Å². The number of H-pyrrole nitrogens is 1. The third-order valence-electron chi connectivity index (χ3n) is 8.43. The van der Waals surface area contributed by atoms with Gasteiger partial charge < -0.3 is 19.9 Å². The summed E-state index contributed by atoms with van der Waals surface area (Å²) >= 11 is 0. The van der Waals surface area contributed by atoms with Crippen molar-refractivity contribution in [2.45, 2.75) is 43.8 Å². The molecule has 2 aliphatic heterocycles. The second-order valence-electron chi connectivity index (χ2n) is 11.8. The first-order valence-corrected chi connectivity index (χ1v) is 15.3. The number of fused-ring (bicyclic) bond motifs is 1. The molecule has 4 heterocycles. The number of aromatic amines is 1. The predicted octanol–water partition coefficient (Wildman–Crippen LogP) is 5.17. The number of nitrogens with zero attached hydrogens (tertiary/aromatic N) is 5. The van der Waals surface area contributed by atoms with E-state index in [9.17, 15) is 31.5 Å². The Morgan fingerprint density at radius 3 is 2.42 bits per heavy atom. The number of likely N-dealkylation sites (tertiary alicyclic amines) is 1. The van der Waals surface area contributed by atoms with Crippen LogP contribution < -0.4 is 10.2 Å². The smallest absolute Gasteiger partial charge is 0.381 e. The molecule has 2 saturated heterocycles. The van der Waals surface area contributed by atoms with Crippen molar-refractivity contribution >= 4 is 34.5 Å². The summed E-state index contributed by atoms with van der Waals surface area (Å²) in [5.41, 5.74) is 0.764. The first-order valence-electron chi connectivity index (χ1n) is 15.3. The van der Waals surface area contributed by atoms with Crippen LogP contribution >= 0.6 is 0 Å². The highest BCUT2D eigenvalue weighted by molar-refractivity contribution is 6.12. The molecule has 15 heteroatoms. The maximum atomic E-state index is 14.1. The molecule has 0 atom stereocenters. The molecule has 2 fully saturated rings. The standard InChI is InChI=1S/C33H30F5N7O3/c1-44-10-6-20(7-11-44)21-3-5-26(27(16-21)45(32(47)33(36,37)38)25-8-12-48-13-9-25)31(46)41-30-28-29(42-43-30)39-18-24(40-28)4-2-19-14-22(34)17-23(35)15-19/h3,5,14-18,20,25H,6-13H2,1H3,(H2,39,41,42,43,46). The Bertz CT molecular complexity index is 1880. The lowest BCUT2D eigenvalue weighted by atomic mass is 9.88. The Hall–Kier alpha value is -4.94. The number of carbonyl (C=O) groups excluding carboxylic acids is 2. The minimum Gasteiger partial charge on any atom is -0.381 e. The number of hydrogen-bond acceptors (Lipinski definition) is 7. The Morgan fingerprint density at radius 2 is 1.73 bits per heavy atom. The van der Waals surface area contributed by atoms with Crippen LogP contribution in [-0.4, -0.2) is 82.4 Å². The molecule has 2 aromatic heterocycles. The van der Waals surface area contributed by atoms with Gasteiger partial charge in [0, 0.05) is 30.9 Å². The van der Waals surface area contributed by atoms with Gasteiger partial charge in [0.2, 0.25) is 5.65 Å². The Labute approximate surface area is 271 Å². The van der Waals surface area contributed by atoms with Crippen molar-refractivity contribution in [2.75, 3.05) is 43.6 Å². The van der Waals surface area contributed by atoms with Gasteiger partial charge in [0.05, 0.1) is 17.4 Å². The van der Waals surface area contributed by atoms with Crippen molar-refractivity contribution in [1.29, 1.82) is 0 Å². The van der Waals surface area contributed by atoms with Gasteiger partial charge in [-0.2, -0.15) is 18.3 Å². The number of benzene rings is 2. The van der Waals surface area contributed by atoms with Crippen LogP contribution in [-0.2, 0) is 9.53 Å². The van der Waals surface area contributed by atoms with E-state index in [0.717, 1.165) is 43.6 Å². The Morgan fingerprint density at radius 1 is 1.02 bits per heavy atom. The molecule has 0 saturated carbocycles. The molecule has 0 bridgehead atoms. The zero-order valence-corrected chi connectivity index (χ0v) is 25.7. The van der Waals surface area contributed by atoms with Crippen molar-refractivity contribution in [3.8, 4) is 11.8 Å². The number of piperidine rings is 1. The second-order valence-corrected chi connectivity index (χ2v) is 11.8. The molecule has 0 radical (unpaired) electrons. The lowest BCUT2D eigenvalue weighted by molar-refractivity contribution is -0.171. The van der Waals surface area contributed by atoms with E-state index < -0.39 is 35.7 Å². The van der Waals surface area contributed by atoms with Gasteiger partial charge in [0.15, 0.2) is 11.3 Å². The van der Waals surface area contributed by atoms with Gasteiger partial charge in [-0.3, -0.25) is 14.7 Å². The van der Waals surface area contributed by atoms with Crippen LogP contribution in [0.1, 0.15) is 58.8 Å². The van der Waals surface area contributed by atoms with Gasteiger partial charge in [-0.15, -0.1) is 0 Å². The monoisotopic (exact) mass is 667 g/mol. The highest BCUT2D eigenvalue weighted by Gasteiger charge is 2.46. The SMILES string of the molecule is CN1CCC(c2ccc(C(=O)Nc3[nH]nc4ncc(C#Cc5cc(F)cc(F)c5)nc34)c(N(C(=O)C(F)(F)F)C3CCOCC3)c2)CC1. The van der Waals surface area contributed by atoms with Gasteiger partial charge in [-0.25, -0.2) is 18.7 Å².